The fraction of sp³-hybridized carbons (Fsp3) is 0.292. The van der Waals surface area contributed by atoms with Gasteiger partial charge in [0.25, 0.3) is 0 Å². The van der Waals surface area contributed by atoms with Crippen molar-refractivity contribution in [2.24, 2.45) is 5.73 Å². The third-order valence-corrected chi connectivity index (χ3v) is 5.45. The molecule has 0 fully saturated rings. The van der Waals surface area contributed by atoms with Gasteiger partial charge in [-0.2, -0.15) is 0 Å². The lowest BCUT2D eigenvalue weighted by Gasteiger charge is -2.22. The van der Waals surface area contributed by atoms with Crippen molar-refractivity contribution in [3.63, 3.8) is 0 Å². The zero-order valence-corrected chi connectivity index (χ0v) is 19.9. The number of para-hydroxylation sites is 1. The maximum atomic E-state index is 12.7. The number of H-pyrrole nitrogens is 1. The molecule has 11 heteroatoms. The topological polar surface area (TPSA) is 167 Å². The number of phenolic OH excluding ortho intramolecular Hbond substituents is 1. The van der Waals surface area contributed by atoms with Gasteiger partial charge in [-0.25, -0.2) is 4.79 Å². The smallest absolute Gasteiger partial charge is 0.328 e. The summed E-state index contributed by atoms with van der Waals surface area (Å²) in [5, 5.41) is 25.0. The fourth-order valence-electron chi connectivity index (χ4n) is 3.58. The third kappa shape index (κ3) is 7.19. The molecule has 0 unspecified atom stereocenters. The molecule has 3 aromatic rings. The van der Waals surface area contributed by atoms with Crippen LogP contribution < -0.4 is 16.4 Å². The van der Waals surface area contributed by atoms with E-state index in [2.05, 4.69) is 15.6 Å². The van der Waals surface area contributed by atoms with Gasteiger partial charge in [-0.05, 0) is 35.7 Å². The lowest BCUT2D eigenvalue weighted by Crippen LogP contribution is -2.56. The number of aliphatic hydroxyl groups excluding tert-OH is 1. The number of nitrogens with two attached hydrogens (primary N) is 1. The summed E-state index contributed by atoms with van der Waals surface area (Å²) in [6.45, 7) is -0.690. The number of methoxy groups -OCH3 is 1. The molecule has 0 saturated carbocycles. The molecule has 0 radical (unpaired) electrons. The van der Waals surface area contributed by atoms with Crippen LogP contribution in [0.25, 0.3) is 10.9 Å². The number of rotatable bonds is 10. The number of halogens is 1. The molecule has 2 amide bonds. The van der Waals surface area contributed by atoms with E-state index in [-0.39, 0.29) is 31.0 Å². The molecular weight excluding hydrogens is 476 g/mol. The second-order valence-electron chi connectivity index (χ2n) is 7.87. The van der Waals surface area contributed by atoms with Crippen molar-refractivity contribution >= 4 is 41.1 Å². The van der Waals surface area contributed by atoms with Crippen LogP contribution in [0.5, 0.6) is 5.75 Å². The molecule has 35 heavy (non-hydrogen) atoms. The number of nitrogens with one attached hydrogen (secondary N) is 3. The second kappa shape index (κ2) is 12.7. The maximum absolute atomic E-state index is 12.7. The predicted octanol–water partition coefficient (Wildman–Crippen LogP) is 0.543. The number of carbonyl (C=O) groups excluding carboxylic acids is 3. The summed E-state index contributed by atoms with van der Waals surface area (Å²) in [5.74, 6) is -2.01. The van der Waals surface area contributed by atoms with Crippen molar-refractivity contribution in [3.05, 3.63) is 65.9 Å². The van der Waals surface area contributed by atoms with Gasteiger partial charge in [0, 0.05) is 23.5 Å². The van der Waals surface area contributed by atoms with E-state index in [1.165, 1.54) is 19.2 Å². The van der Waals surface area contributed by atoms with E-state index in [9.17, 15) is 24.6 Å². The highest BCUT2D eigenvalue weighted by Crippen LogP contribution is 2.19. The van der Waals surface area contributed by atoms with Crippen LogP contribution in [0.15, 0.2) is 54.7 Å². The molecule has 1 heterocycles. The van der Waals surface area contributed by atoms with Crippen LogP contribution in [0, 0.1) is 0 Å². The first-order chi connectivity index (χ1) is 16.3. The van der Waals surface area contributed by atoms with E-state index in [1.807, 2.05) is 24.3 Å². The highest BCUT2D eigenvalue weighted by Gasteiger charge is 2.28. The molecule has 3 atom stereocenters. The highest BCUT2D eigenvalue weighted by atomic mass is 35.5. The average molecular weight is 505 g/mol. The molecule has 0 bridgehead atoms. The van der Waals surface area contributed by atoms with Gasteiger partial charge in [0.15, 0.2) is 0 Å². The highest BCUT2D eigenvalue weighted by molar-refractivity contribution is 5.92. The third-order valence-electron chi connectivity index (χ3n) is 5.45. The Morgan fingerprint density at radius 2 is 1.66 bits per heavy atom. The minimum Gasteiger partial charge on any atom is -0.508 e. The van der Waals surface area contributed by atoms with E-state index in [0.717, 1.165) is 16.5 Å². The van der Waals surface area contributed by atoms with Gasteiger partial charge in [-0.3, -0.25) is 9.59 Å². The monoisotopic (exact) mass is 504 g/mol. The number of ether oxygens (including phenoxy) is 1. The van der Waals surface area contributed by atoms with Gasteiger partial charge in [-0.15, -0.1) is 12.4 Å². The summed E-state index contributed by atoms with van der Waals surface area (Å²) in [4.78, 5) is 40.6. The SMILES string of the molecule is COC(=O)[C@H](Cc1ccc(O)cc1)NC(=O)[C@H](CO)NC(=O)[C@@H](N)Cc1c[nH]c2ccccc12.Cl. The summed E-state index contributed by atoms with van der Waals surface area (Å²) < 4.78 is 4.76. The van der Waals surface area contributed by atoms with E-state index in [4.69, 9.17) is 10.5 Å². The standard InChI is InChI=1S/C24H28N4O6.ClH/c1-34-24(33)20(10-14-6-8-16(30)9-7-14)27-23(32)21(13-29)28-22(31)18(25)11-15-12-26-19-5-3-2-4-17(15)19;/h2-9,12,18,20-21,26,29-30H,10-11,13,25H2,1H3,(H,27,32)(H,28,31);1H/t18-,20-,21-;/m0./s1. The summed E-state index contributed by atoms with van der Waals surface area (Å²) in [5.41, 5.74) is 8.49. The van der Waals surface area contributed by atoms with E-state index < -0.39 is 42.5 Å². The van der Waals surface area contributed by atoms with Crippen molar-refractivity contribution in [2.45, 2.75) is 31.0 Å². The van der Waals surface area contributed by atoms with E-state index >= 15 is 0 Å². The number of esters is 1. The molecule has 10 nitrogen and oxygen atoms in total. The first-order valence-corrected chi connectivity index (χ1v) is 10.7. The number of aliphatic hydroxyl groups is 1. The van der Waals surface area contributed by atoms with E-state index in [1.54, 1.807) is 18.3 Å². The first-order valence-electron chi connectivity index (χ1n) is 10.7. The molecule has 2 aromatic carbocycles. The summed E-state index contributed by atoms with van der Waals surface area (Å²) in [6, 6.07) is 10.4. The summed E-state index contributed by atoms with van der Waals surface area (Å²) in [6.07, 6.45) is 2.09. The minimum absolute atomic E-state index is 0. The molecule has 0 spiro atoms. The number of aromatic amines is 1. The Balaban J connectivity index is 0.00000432. The number of fused-ring (bicyclic) bond motifs is 1. The van der Waals surface area contributed by atoms with Crippen LogP contribution >= 0.6 is 12.4 Å². The molecule has 0 aliphatic heterocycles. The Hall–Kier alpha value is -3.60. The molecule has 0 aliphatic rings. The number of phenols is 1. The maximum Gasteiger partial charge on any atom is 0.328 e. The van der Waals surface area contributed by atoms with Gasteiger partial charge in [-0.1, -0.05) is 30.3 Å². The molecule has 1 aromatic heterocycles. The summed E-state index contributed by atoms with van der Waals surface area (Å²) in [7, 11) is 1.19. The minimum atomic E-state index is -1.31. The Kier molecular flexibility index (Phi) is 10.1. The molecule has 188 valence electrons. The lowest BCUT2D eigenvalue weighted by molar-refractivity contribution is -0.145. The van der Waals surface area contributed by atoms with Crippen molar-refractivity contribution in [1.82, 2.24) is 15.6 Å². The van der Waals surface area contributed by atoms with Crippen molar-refractivity contribution in [2.75, 3.05) is 13.7 Å². The summed E-state index contributed by atoms with van der Waals surface area (Å²) >= 11 is 0. The Labute approximate surface area is 208 Å². The van der Waals surface area contributed by atoms with Crippen LogP contribution in [0.3, 0.4) is 0 Å². The second-order valence-corrected chi connectivity index (χ2v) is 7.87. The molecule has 3 rings (SSSR count). The van der Waals surface area contributed by atoms with Crippen molar-refractivity contribution < 1.29 is 29.3 Å². The Bertz CT molecular complexity index is 1150. The van der Waals surface area contributed by atoms with Crippen LogP contribution in [-0.2, 0) is 32.0 Å². The molecule has 0 aliphatic carbocycles. The van der Waals surface area contributed by atoms with Crippen LogP contribution in [0.4, 0.5) is 0 Å². The Morgan fingerprint density at radius 1 is 1.00 bits per heavy atom. The van der Waals surface area contributed by atoms with Crippen LogP contribution in [0.2, 0.25) is 0 Å². The predicted molar refractivity (Wildman–Crippen MR) is 132 cm³/mol. The largest absolute Gasteiger partial charge is 0.508 e. The van der Waals surface area contributed by atoms with Gasteiger partial charge < -0.3 is 36.3 Å². The zero-order valence-electron chi connectivity index (χ0n) is 19.1. The number of amides is 2. The first kappa shape index (κ1) is 27.6. The van der Waals surface area contributed by atoms with Crippen LogP contribution in [0.1, 0.15) is 11.1 Å². The van der Waals surface area contributed by atoms with Gasteiger partial charge in [0.2, 0.25) is 11.8 Å². The number of hydrogen-bond acceptors (Lipinski definition) is 7. The van der Waals surface area contributed by atoms with Crippen LogP contribution in [-0.4, -0.2) is 64.8 Å². The van der Waals surface area contributed by atoms with E-state index in [0.29, 0.717) is 5.56 Å². The van der Waals surface area contributed by atoms with Gasteiger partial charge >= 0.3 is 5.97 Å². The lowest BCUT2D eigenvalue weighted by atomic mass is 10.0. The number of aromatic hydroxyl groups is 1. The molecule has 0 saturated heterocycles. The Morgan fingerprint density at radius 3 is 2.31 bits per heavy atom. The number of aromatic nitrogens is 1. The normalized spacial score (nSPS) is 13.2. The number of benzene rings is 2. The molecule has 7 N–H and O–H groups in total. The van der Waals surface area contributed by atoms with Crippen molar-refractivity contribution in [3.8, 4) is 5.75 Å². The molecular formula is C24H29ClN4O6. The number of carbonyl (C=O) groups is 3. The average Bonchev–Trinajstić information content (AvgIpc) is 3.25. The zero-order chi connectivity index (χ0) is 24.7. The number of hydrogen-bond donors (Lipinski definition) is 6. The van der Waals surface area contributed by atoms with Gasteiger partial charge in [0.1, 0.15) is 17.8 Å². The quantitative estimate of drug-likeness (QED) is 0.219. The fourth-order valence-corrected chi connectivity index (χ4v) is 3.58. The van der Waals surface area contributed by atoms with Gasteiger partial charge in [0.05, 0.1) is 19.8 Å². The van der Waals surface area contributed by atoms with Crippen molar-refractivity contribution in [1.29, 1.82) is 0 Å².